The van der Waals surface area contributed by atoms with Crippen LogP contribution in [0.5, 0.6) is 0 Å². The third kappa shape index (κ3) is 2.84. The number of aromatic nitrogens is 2. The minimum atomic E-state index is -2.14. The van der Waals surface area contributed by atoms with Crippen molar-refractivity contribution in [2.45, 2.75) is 12.7 Å². The quantitative estimate of drug-likeness (QED) is 0.659. The maximum absolute atomic E-state index is 6.52. The Bertz CT molecular complexity index is 726. The second-order valence-corrected chi connectivity index (χ2v) is 10.4. The number of nitrogens with zero attached hydrogens (tertiary/aromatic N) is 2. The topological polar surface area (TPSA) is 17.8 Å². The van der Waals surface area contributed by atoms with Gasteiger partial charge in [-0.15, -0.1) is 0 Å². The number of imidazole rings is 1. The molecule has 0 aliphatic heterocycles. The van der Waals surface area contributed by atoms with E-state index in [1.807, 2.05) is 48.9 Å². The minimum Gasteiger partial charge on any atom is -0.340 e. The first-order valence-corrected chi connectivity index (χ1v) is 10.5. The van der Waals surface area contributed by atoms with Gasteiger partial charge in [0.2, 0.25) is 0 Å². The summed E-state index contributed by atoms with van der Waals surface area (Å²) in [5.41, 5.74) is 0. The molecule has 2 aromatic carbocycles. The Kier molecular flexibility index (Phi) is 4.38. The first kappa shape index (κ1) is 15.3. The fourth-order valence-electron chi connectivity index (χ4n) is 2.88. The van der Waals surface area contributed by atoms with E-state index >= 15 is 0 Å². The van der Waals surface area contributed by atoms with Gasteiger partial charge in [0.25, 0.3) is 0 Å². The van der Waals surface area contributed by atoms with Gasteiger partial charge < -0.3 is 4.57 Å². The van der Waals surface area contributed by atoms with Gasteiger partial charge in [0.1, 0.15) is 8.07 Å². The Hall–Kier alpha value is -1.55. The predicted octanol–water partition coefficient (Wildman–Crippen LogP) is 3.62. The number of halogens is 2. The highest BCUT2D eigenvalue weighted by Crippen LogP contribution is 2.18. The Labute approximate surface area is 141 Å². The third-order valence-corrected chi connectivity index (χ3v) is 9.22. The van der Waals surface area contributed by atoms with E-state index in [1.54, 1.807) is 6.20 Å². The highest BCUT2D eigenvalue weighted by molar-refractivity contribution is 7.02. The summed E-state index contributed by atoms with van der Waals surface area (Å²) in [5, 5.41) is 3.99. The fourth-order valence-corrected chi connectivity index (χ4v) is 8.10. The SMILES string of the molecule is C[Si](Cn1ccnc1)(c1ccccc1Cl)c1ccccc1Cl. The van der Waals surface area contributed by atoms with E-state index in [4.69, 9.17) is 23.2 Å². The van der Waals surface area contributed by atoms with Crippen molar-refractivity contribution < 1.29 is 0 Å². The van der Waals surface area contributed by atoms with Crippen LogP contribution >= 0.6 is 23.2 Å². The lowest BCUT2D eigenvalue weighted by Gasteiger charge is -2.30. The second kappa shape index (κ2) is 6.29. The van der Waals surface area contributed by atoms with Crippen LogP contribution in [0.4, 0.5) is 0 Å². The van der Waals surface area contributed by atoms with Crippen LogP contribution in [0.3, 0.4) is 0 Å². The maximum Gasteiger partial charge on any atom is 0.138 e. The van der Waals surface area contributed by atoms with Gasteiger partial charge in [0, 0.05) is 28.6 Å². The first-order valence-electron chi connectivity index (χ1n) is 7.07. The molecule has 0 aliphatic carbocycles. The molecule has 0 saturated heterocycles. The van der Waals surface area contributed by atoms with Gasteiger partial charge in [0.15, 0.2) is 0 Å². The average Bonchev–Trinajstić information content (AvgIpc) is 3.00. The lowest BCUT2D eigenvalue weighted by atomic mass is 10.4. The number of benzene rings is 2. The van der Waals surface area contributed by atoms with Crippen molar-refractivity contribution in [3.63, 3.8) is 0 Å². The van der Waals surface area contributed by atoms with E-state index in [0.717, 1.165) is 16.2 Å². The molecular formula is C17H16Cl2N2Si. The van der Waals surface area contributed by atoms with E-state index in [0.29, 0.717) is 0 Å². The second-order valence-electron chi connectivity index (χ2n) is 5.53. The summed E-state index contributed by atoms with van der Waals surface area (Å²) in [6.45, 7) is 2.30. The van der Waals surface area contributed by atoms with Crippen molar-refractivity contribution in [2.75, 3.05) is 0 Å². The van der Waals surface area contributed by atoms with Crippen LogP contribution in [0, 0.1) is 0 Å². The summed E-state index contributed by atoms with van der Waals surface area (Å²) >= 11 is 13.0. The number of rotatable bonds is 4. The van der Waals surface area contributed by atoms with E-state index in [2.05, 4.69) is 28.2 Å². The van der Waals surface area contributed by atoms with Crippen LogP contribution in [0.15, 0.2) is 67.3 Å². The molecule has 0 N–H and O–H groups in total. The average molecular weight is 347 g/mol. The van der Waals surface area contributed by atoms with Crippen LogP contribution in [-0.4, -0.2) is 17.6 Å². The zero-order valence-corrected chi connectivity index (χ0v) is 14.7. The molecule has 22 heavy (non-hydrogen) atoms. The molecule has 0 aliphatic rings. The fraction of sp³-hybridized carbons (Fsp3) is 0.118. The van der Waals surface area contributed by atoms with Crippen molar-refractivity contribution in [1.29, 1.82) is 0 Å². The Balaban J connectivity index is 2.18. The number of hydrogen-bond donors (Lipinski definition) is 0. The monoisotopic (exact) mass is 346 g/mol. The van der Waals surface area contributed by atoms with E-state index in [1.165, 1.54) is 10.4 Å². The largest absolute Gasteiger partial charge is 0.340 e. The normalized spacial score (nSPS) is 11.6. The van der Waals surface area contributed by atoms with Gasteiger partial charge in [-0.2, -0.15) is 0 Å². The Morgan fingerprint density at radius 1 is 0.955 bits per heavy atom. The molecule has 0 radical (unpaired) electrons. The van der Waals surface area contributed by atoms with Crippen molar-refractivity contribution in [3.05, 3.63) is 77.3 Å². The number of hydrogen-bond acceptors (Lipinski definition) is 1. The highest BCUT2D eigenvalue weighted by atomic mass is 35.5. The van der Waals surface area contributed by atoms with Gasteiger partial charge >= 0.3 is 0 Å². The summed E-state index contributed by atoms with van der Waals surface area (Å²) in [5.74, 6) is 0. The minimum absolute atomic E-state index is 0.803. The summed E-state index contributed by atoms with van der Waals surface area (Å²) in [6.07, 6.45) is 6.48. The molecule has 112 valence electrons. The van der Waals surface area contributed by atoms with Gasteiger partial charge in [-0.3, -0.25) is 0 Å². The molecule has 1 aromatic heterocycles. The molecule has 0 unspecified atom stereocenters. The molecule has 0 spiro atoms. The van der Waals surface area contributed by atoms with Crippen LogP contribution in [-0.2, 0) is 6.17 Å². The summed E-state index contributed by atoms with van der Waals surface area (Å²) in [7, 11) is -2.14. The maximum atomic E-state index is 6.52. The van der Waals surface area contributed by atoms with Crippen molar-refractivity contribution in [1.82, 2.24) is 9.55 Å². The van der Waals surface area contributed by atoms with Crippen LogP contribution in [0.25, 0.3) is 0 Å². The molecule has 1 heterocycles. The summed E-state index contributed by atoms with van der Waals surface area (Å²) in [6, 6.07) is 16.1. The van der Waals surface area contributed by atoms with Crippen molar-refractivity contribution in [2.24, 2.45) is 0 Å². The highest BCUT2D eigenvalue weighted by Gasteiger charge is 2.35. The van der Waals surface area contributed by atoms with Gasteiger partial charge in [-0.05, 0) is 22.5 Å². The molecule has 3 aromatic rings. The lowest BCUT2D eigenvalue weighted by molar-refractivity contribution is 0.858. The van der Waals surface area contributed by atoms with E-state index in [-0.39, 0.29) is 0 Å². The molecule has 0 fully saturated rings. The Morgan fingerprint density at radius 2 is 1.50 bits per heavy atom. The molecule has 5 heteroatoms. The smallest absolute Gasteiger partial charge is 0.138 e. The molecular weight excluding hydrogens is 331 g/mol. The molecule has 0 atom stereocenters. The van der Waals surface area contributed by atoms with Gasteiger partial charge in [0.05, 0.1) is 6.33 Å². The summed E-state index contributed by atoms with van der Waals surface area (Å²) in [4.78, 5) is 4.16. The first-order chi connectivity index (χ1) is 10.6. The predicted molar refractivity (Wildman–Crippen MR) is 96.0 cm³/mol. The molecule has 0 saturated carbocycles. The molecule has 0 bridgehead atoms. The third-order valence-electron chi connectivity index (χ3n) is 3.99. The van der Waals surface area contributed by atoms with Crippen LogP contribution in [0.1, 0.15) is 0 Å². The zero-order valence-electron chi connectivity index (χ0n) is 12.2. The van der Waals surface area contributed by atoms with E-state index < -0.39 is 8.07 Å². The van der Waals surface area contributed by atoms with Crippen LogP contribution < -0.4 is 10.4 Å². The summed E-state index contributed by atoms with van der Waals surface area (Å²) < 4.78 is 2.11. The Morgan fingerprint density at radius 3 is 1.95 bits per heavy atom. The van der Waals surface area contributed by atoms with Crippen LogP contribution in [0.2, 0.25) is 16.6 Å². The lowest BCUT2D eigenvalue weighted by Crippen LogP contribution is -2.59. The zero-order chi connectivity index (χ0) is 15.6. The van der Waals surface area contributed by atoms with Crippen molar-refractivity contribution in [3.8, 4) is 0 Å². The van der Waals surface area contributed by atoms with Gasteiger partial charge in [-0.1, -0.05) is 66.1 Å². The standard InChI is InChI=1S/C17H16Cl2N2Si/c1-22(13-21-11-10-20-12-21,16-8-4-2-6-14(16)18)17-9-5-3-7-15(17)19/h2-12H,13H2,1H3. The molecule has 3 rings (SSSR count). The van der Waals surface area contributed by atoms with Gasteiger partial charge in [-0.25, -0.2) is 4.98 Å². The van der Waals surface area contributed by atoms with Crippen molar-refractivity contribution >= 4 is 41.6 Å². The van der Waals surface area contributed by atoms with E-state index in [9.17, 15) is 0 Å². The molecule has 0 amide bonds. The molecule has 2 nitrogen and oxygen atoms in total.